The monoisotopic (exact) mass is 225 g/mol. The number of hydrogen-bond acceptors (Lipinski definition) is 2. The van der Waals surface area contributed by atoms with Crippen molar-refractivity contribution in [3.63, 3.8) is 0 Å². The van der Waals surface area contributed by atoms with Crippen molar-refractivity contribution in [2.75, 3.05) is 0 Å². The summed E-state index contributed by atoms with van der Waals surface area (Å²) in [6, 6.07) is 3.10. The van der Waals surface area contributed by atoms with Gasteiger partial charge >= 0.3 is 0 Å². The van der Waals surface area contributed by atoms with E-state index in [1.54, 1.807) is 12.1 Å². The summed E-state index contributed by atoms with van der Waals surface area (Å²) in [5.74, 6) is 0.756. The molecule has 1 aromatic carbocycles. The highest BCUT2D eigenvalue weighted by Gasteiger charge is 2.34. The Morgan fingerprint density at radius 2 is 2.13 bits per heavy atom. The highest BCUT2D eigenvalue weighted by atomic mass is 32.2. The molecule has 3 heteroatoms. The Balaban J connectivity index is 2.56. The third kappa shape index (κ3) is 1.79. The maximum atomic E-state index is 13.3. The van der Waals surface area contributed by atoms with E-state index < -0.39 is 0 Å². The Labute approximate surface area is 94.2 Å². The average molecular weight is 225 g/mol. The van der Waals surface area contributed by atoms with Crippen LogP contribution in [0.15, 0.2) is 12.1 Å². The van der Waals surface area contributed by atoms with Crippen LogP contribution in [-0.4, -0.2) is 4.75 Å². The maximum Gasteiger partial charge on any atom is 0.123 e. The van der Waals surface area contributed by atoms with Crippen LogP contribution in [-0.2, 0) is 5.75 Å². The van der Waals surface area contributed by atoms with Crippen molar-refractivity contribution >= 4 is 11.8 Å². The summed E-state index contributed by atoms with van der Waals surface area (Å²) in [6.45, 7) is 6.19. The van der Waals surface area contributed by atoms with Gasteiger partial charge in [0.05, 0.1) is 0 Å². The summed E-state index contributed by atoms with van der Waals surface area (Å²) in [6.07, 6.45) is 0. The van der Waals surface area contributed by atoms with Crippen molar-refractivity contribution in [1.82, 2.24) is 0 Å². The fraction of sp³-hybridized carbons (Fsp3) is 0.500. The summed E-state index contributed by atoms with van der Waals surface area (Å²) in [5.41, 5.74) is 9.39. The van der Waals surface area contributed by atoms with Crippen LogP contribution in [0.5, 0.6) is 0 Å². The first-order valence-electron chi connectivity index (χ1n) is 5.10. The summed E-state index contributed by atoms with van der Waals surface area (Å²) in [4.78, 5) is 0. The normalized spacial score (nSPS) is 23.7. The number of benzene rings is 1. The van der Waals surface area contributed by atoms with E-state index in [1.807, 2.05) is 18.7 Å². The molecule has 0 aromatic heterocycles. The van der Waals surface area contributed by atoms with Crippen LogP contribution in [0.4, 0.5) is 4.39 Å². The van der Waals surface area contributed by atoms with Gasteiger partial charge in [-0.1, -0.05) is 0 Å². The molecule has 1 nitrogen and oxygen atoms in total. The van der Waals surface area contributed by atoms with Gasteiger partial charge in [-0.2, -0.15) is 0 Å². The molecule has 0 fully saturated rings. The van der Waals surface area contributed by atoms with Crippen molar-refractivity contribution in [2.24, 2.45) is 5.73 Å². The third-order valence-electron chi connectivity index (χ3n) is 3.14. The van der Waals surface area contributed by atoms with Crippen molar-refractivity contribution in [2.45, 2.75) is 37.3 Å². The van der Waals surface area contributed by atoms with Crippen LogP contribution >= 0.6 is 11.8 Å². The molecule has 1 atom stereocenters. The van der Waals surface area contributed by atoms with Gasteiger partial charge in [0.25, 0.3) is 0 Å². The SMILES string of the molecule is Cc1cc(F)cc2c1CSC(C)(C)C2N. The van der Waals surface area contributed by atoms with E-state index in [0.29, 0.717) is 0 Å². The van der Waals surface area contributed by atoms with E-state index in [-0.39, 0.29) is 16.6 Å². The number of nitrogens with two attached hydrogens (primary N) is 1. The molecule has 0 saturated heterocycles. The maximum absolute atomic E-state index is 13.3. The van der Waals surface area contributed by atoms with E-state index in [2.05, 4.69) is 13.8 Å². The van der Waals surface area contributed by atoms with Crippen LogP contribution in [0.25, 0.3) is 0 Å². The average Bonchev–Trinajstić information content (AvgIpc) is 2.12. The zero-order chi connectivity index (χ0) is 11.2. The topological polar surface area (TPSA) is 26.0 Å². The molecular formula is C12H16FNS. The van der Waals surface area contributed by atoms with Gasteiger partial charge in [-0.25, -0.2) is 4.39 Å². The number of thioether (sulfide) groups is 1. The number of rotatable bonds is 0. The first-order valence-corrected chi connectivity index (χ1v) is 6.09. The van der Waals surface area contributed by atoms with Gasteiger partial charge in [-0.3, -0.25) is 0 Å². The summed E-state index contributed by atoms with van der Waals surface area (Å²) in [7, 11) is 0. The molecule has 1 heterocycles. The van der Waals surface area contributed by atoms with E-state index in [4.69, 9.17) is 5.73 Å². The lowest BCUT2D eigenvalue weighted by Crippen LogP contribution is -2.36. The zero-order valence-electron chi connectivity index (χ0n) is 9.30. The quantitative estimate of drug-likeness (QED) is 0.734. The van der Waals surface area contributed by atoms with Gasteiger partial charge in [0.15, 0.2) is 0 Å². The Hall–Kier alpha value is -0.540. The van der Waals surface area contributed by atoms with Gasteiger partial charge in [-0.05, 0) is 49.6 Å². The molecule has 2 N–H and O–H groups in total. The predicted molar refractivity (Wildman–Crippen MR) is 63.4 cm³/mol. The number of halogens is 1. The molecule has 0 saturated carbocycles. The van der Waals surface area contributed by atoms with E-state index in [9.17, 15) is 4.39 Å². The van der Waals surface area contributed by atoms with Crippen molar-refractivity contribution in [3.05, 3.63) is 34.6 Å². The van der Waals surface area contributed by atoms with Crippen LogP contribution in [0.1, 0.15) is 36.6 Å². The van der Waals surface area contributed by atoms with E-state index in [0.717, 1.165) is 16.9 Å². The van der Waals surface area contributed by atoms with Crippen molar-refractivity contribution in [1.29, 1.82) is 0 Å². The van der Waals surface area contributed by atoms with Gasteiger partial charge in [0.1, 0.15) is 5.82 Å². The van der Waals surface area contributed by atoms with Crippen LogP contribution in [0, 0.1) is 12.7 Å². The van der Waals surface area contributed by atoms with Gasteiger partial charge in [0.2, 0.25) is 0 Å². The first kappa shape index (κ1) is 11.0. The fourth-order valence-electron chi connectivity index (χ4n) is 2.00. The Morgan fingerprint density at radius 1 is 1.47 bits per heavy atom. The van der Waals surface area contributed by atoms with Crippen LogP contribution in [0.3, 0.4) is 0 Å². The lowest BCUT2D eigenvalue weighted by Gasteiger charge is -2.37. The standard InChI is InChI=1S/C12H16FNS/c1-7-4-8(13)5-9-10(7)6-15-12(2,3)11(9)14/h4-5,11H,6,14H2,1-3H3. The van der Waals surface area contributed by atoms with Gasteiger partial charge in [0, 0.05) is 16.5 Å². The van der Waals surface area contributed by atoms with Gasteiger partial charge < -0.3 is 5.73 Å². The Bertz CT molecular complexity index is 401. The second-order valence-corrected chi connectivity index (χ2v) is 6.29. The Morgan fingerprint density at radius 3 is 2.80 bits per heavy atom. The van der Waals surface area contributed by atoms with Crippen LogP contribution in [0.2, 0.25) is 0 Å². The number of hydrogen-bond donors (Lipinski definition) is 1. The fourth-order valence-corrected chi connectivity index (χ4v) is 3.21. The summed E-state index contributed by atoms with van der Waals surface area (Å²) >= 11 is 1.84. The van der Waals surface area contributed by atoms with Crippen molar-refractivity contribution < 1.29 is 4.39 Å². The minimum absolute atomic E-state index is 0.00671. The van der Waals surface area contributed by atoms with Crippen molar-refractivity contribution in [3.8, 4) is 0 Å². The molecule has 0 bridgehead atoms. The molecule has 82 valence electrons. The highest BCUT2D eigenvalue weighted by Crippen LogP contribution is 2.45. The number of fused-ring (bicyclic) bond motifs is 1. The molecule has 1 unspecified atom stereocenters. The molecule has 0 aliphatic carbocycles. The first-order chi connectivity index (χ1) is 6.92. The molecular weight excluding hydrogens is 209 g/mol. The second kappa shape index (κ2) is 3.49. The molecule has 1 aliphatic rings. The molecule has 2 rings (SSSR count). The molecule has 1 aromatic rings. The van der Waals surface area contributed by atoms with E-state index in [1.165, 1.54) is 5.56 Å². The molecule has 0 radical (unpaired) electrons. The molecule has 15 heavy (non-hydrogen) atoms. The number of aryl methyl sites for hydroxylation is 1. The predicted octanol–water partition coefficient (Wildman–Crippen LogP) is 3.16. The third-order valence-corrected chi connectivity index (χ3v) is 4.58. The second-order valence-electron chi connectivity index (χ2n) is 4.66. The lowest BCUT2D eigenvalue weighted by molar-refractivity contribution is 0.543. The highest BCUT2D eigenvalue weighted by molar-refractivity contribution is 8.00. The minimum Gasteiger partial charge on any atom is -0.323 e. The zero-order valence-corrected chi connectivity index (χ0v) is 10.1. The smallest absolute Gasteiger partial charge is 0.123 e. The molecule has 0 amide bonds. The van der Waals surface area contributed by atoms with E-state index >= 15 is 0 Å². The molecule has 0 spiro atoms. The minimum atomic E-state index is -0.176. The van der Waals surface area contributed by atoms with Gasteiger partial charge in [-0.15, -0.1) is 11.8 Å². The largest absolute Gasteiger partial charge is 0.323 e. The summed E-state index contributed by atoms with van der Waals surface area (Å²) < 4.78 is 13.3. The lowest BCUT2D eigenvalue weighted by atomic mass is 9.90. The van der Waals surface area contributed by atoms with Crippen LogP contribution < -0.4 is 5.73 Å². The summed E-state index contributed by atoms with van der Waals surface area (Å²) in [5, 5.41) is 0. The Kier molecular flexibility index (Phi) is 2.55. The molecule has 1 aliphatic heterocycles.